The van der Waals surface area contributed by atoms with Gasteiger partial charge in [-0.2, -0.15) is 0 Å². The molecular weight excluding hydrogens is 362 g/mol. The summed E-state index contributed by atoms with van der Waals surface area (Å²) in [5.41, 5.74) is -0.182. The summed E-state index contributed by atoms with van der Waals surface area (Å²) in [6.45, 7) is 5.14. The van der Waals surface area contributed by atoms with Crippen molar-refractivity contribution in [1.82, 2.24) is 4.57 Å². The first-order valence-corrected chi connectivity index (χ1v) is 9.57. The SMILES string of the molecule is CCOC(=O)/C=C/CCCOc1cccn(CCC/C=C/C(=O)OCC)c1=O. The lowest BCUT2D eigenvalue weighted by atomic mass is 10.3. The van der Waals surface area contributed by atoms with E-state index in [0.29, 0.717) is 51.4 Å². The molecule has 1 aromatic heterocycles. The molecule has 0 aromatic carbocycles. The molecule has 1 rings (SSSR count). The predicted molar refractivity (Wildman–Crippen MR) is 106 cm³/mol. The highest BCUT2D eigenvalue weighted by Crippen LogP contribution is 2.05. The van der Waals surface area contributed by atoms with E-state index < -0.39 is 0 Å². The van der Waals surface area contributed by atoms with Crippen molar-refractivity contribution in [3.63, 3.8) is 0 Å². The Balaban J connectivity index is 2.36. The molecular formula is C21H29NO6. The van der Waals surface area contributed by atoms with Gasteiger partial charge in [0, 0.05) is 24.9 Å². The van der Waals surface area contributed by atoms with Crippen LogP contribution in [0.2, 0.25) is 0 Å². The Morgan fingerprint density at radius 3 is 2.21 bits per heavy atom. The maximum absolute atomic E-state index is 12.4. The van der Waals surface area contributed by atoms with E-state index in [9.17, 15) is 14.4 Å². The van der Waals surface area contributed by atoms with E-state index >= 15 is 0 Å². The highest BCUT2D eigenvalue weighted by molar-refractivity contribution is 5.82. The Morgan fingerprint density at radius 2 is 1.61 bits per heavy atom. The van der Waals surface area contributed by atoms with Gasteiger partial charge in [-0.15, -0.1) is 0 Å². The second-order valence-corrected chi connectivity index (χ2v) is 5.81. The van der Waals surface area contributed by atoms with Crippen molar-refractivity contribution in [3.05, 3.63) is 53.0 Å². The molecule has 0 fully saturated rings. The molecule has 0 amide bonds. The summed E-state index contributed by atoms with van der Waals surface area (Å²) in [6.07, 6.45) is 10.7. The third-order valence-corrected chi connectivity index (χ3v) is 3.61. The van der Waals surface area contributed by atoms with Crippen molar-refractivity contribution < 1.29 is 23.8 Å². The first-order chi connectivity index (χ1) is 13.6. The lowest BCUT2D eigenvalue weighted by Crippen LogP contribution is -2.21. The monoisotopic (exact) mass is 391 g/mol. The molecule has 7 nitrogen and oxygen atoms in total. The van der Waals surface area contributed by atoms with Gasteiger partial charge in [-0.05, 0) is 51.7 Å². The highest BCUT2D eigenvalue weighted by Gasteiger charge is 2.04. The van der Waals surface area contributed by atoms with Gasteiger partial charge in [-0.1, -0.05) is 12.2 Å². The van der Waals surface area contributed by atoms with Gasteiger partial charge in [0.2, 0.25) is 0 Å². The second-order valence-electron chi connectivity index (χ2n) is 5.81. The number of hydrogen-bond acceptors (Lipinski definition) is 6. The van der Waals surface area contributed by atoms with Gasteiger partial charge in [0.15, 0.2) is 5.75 Å². The molecule has 1 aromatic rings. The van der Waals surface area contributed by atoms with Crippen LogP contribution in [0.1, 0.15) is 39.5 Å². The third kappa shape index (κ3) is 9.75. The van der Waals surface area contributed by atoms with E-state index in [4.69, 9.17) is 14.2 Å². The Kier molecular flexibility index (Phi) is 11.8. The zero-order valence-electron chi connectivity index (χ0n) is 16.6. The Bertz CT molecular complexity index is 720. The number of aromatic nitrogens is 1. The number of esters is 2. The minimum Gasteiger partial charge on any atom is -0.488 e. The molecule has 0 saturated heterocycles. The average Bonchev–Trinajstić information content (AvgIpc) is 2.67. The zero-order valence-corrected chi connectivity index (χ0v) is 16.6. The molecule has 0 bridgehead atoms. The fourth-order valence-electron chi connectivity index (χ4n) is 2.30. The number of hydrogen-bond donors (Lipinski definition) is 0. The number of unbranched alkanes of at least 4 members (excludes halogenated alkanes) is 2. The van der Waals surface area contributed by atoms with Crippen molar-refractivity contribution in [2.24, 2.45) is 0 Å². The number of aryl methyl sites for hydroxylation is 1. The van der Waals surface area contributed by atoms with Crippen LogP contribution in [0.3, 0.4) is 0 Å². The van der Waals surface area contributed by atoms with Crippen LogP contribution in [-0.4, -0.2) is 36.3 Å². The molecule has 0 spiro atoms. The van der Waals surface area contributed by atoms with Crippen molar-refractivity contribution >= 4 is 11.9 Å². The highest BCUT2D eigenvalue weighted by atomic mass is 16.5. The summed E-state index contributed by atoms with van der Waals surface area (Å²) in [5.74, 6) is -0.405. The van der Waals surface area contributed by atoms with Gasteiger partial charge >= 0.3 is 11.9 Å². The van der Waals surface area contributed by atoms with Crippen molar-refractivity contribution in [3.8, 4) is 5.75 Å². The molecule has 0 atom stereocenters. The van der Waals surface area contributed by atoms with Gasteiger partial charge < -0.3 is 18.8 Å². The van der Waals surface area contributed by atoms with E-state index in [2.05, 4.69) is 0 Å². The smallest absolute Gasteiger partial charge is 0.330 e. The zero-order chi connectivity index (χ0) is 20.6. The topological polar surface area (TPSA) is 83.8 Å². The van der Waals surface area contributed by atoms with Crippen LogP contribution in [0.25, 0.3) is 0 Å². The lowest BCUT2D eigenvalue weighted by molar-refractivity contribution is -0.138. The van der Waals surface area contributed by atoms with E-state index in [1.54, 1.807) is 48.9 Å². The van der Waals surface area contributed by atoms with E-state index in [0.717, 1.165) is 6.42 Å². The fraction of sp³-hybridized carbons (Fsp3) is 0.476. The normalized spacial score (nSPS) is 11.1. The largest absolute Gasteiger partial charge is 0.488 e. The standard InChI is InChI=1S/C21H29NO6/c1-3-26-19(23)13-7-5-9-15-22-16-11-12-18(21(22)25)28-17-10-6-8-14-20(24)27-4-2/h7-8,11-14,16H,3-6,9-10,15,17H2,1-2H3/b13-7+,14-8+. The van der Waals surface area contributed by atoms with Crippen LogP contribution in [0.4, 0.5) is 0 Å². The Hall–Kier alpha value is -2.83. The molecule has 0 aliphatic heterocycles. The van der Waals surface area contributed by atoms with Crippen LogP contribution >= 0.6 is 0 Å². The fourth-order valence-corrected chi connectivity index (χ4v) is 2.30. The van der Waals surface area contributed by atoms with Crippen LogP contribution in [0.5, 0.6) is 5.75 Å². The summed E-state index contributed by atoms with van der Waals surface area (Å²) in [5, 5.41) is 0. The maximum Gasteiger partial charge on any atom is 0.330 e. The summed E-state index contributed by atoms with van der Waals surface area (Å²) in [4.78, 5) is 34.7. The van der Waals surface area contributed by atoms with Gasteiger partial charge in [0.05, 0.1) is 19.8 Å². The second kappa shape index (κ2) is 14.3. The molecule has 0 aliphatic carbocycles. The first-order valence-electron chi connectivity index (χ1n) is 9.57. The third-order valence-electron chi connectivity index (χ3n) is 3.61. The quantitative estimate of drug-likeness (QED) is 0.292. The Labute approximate surface area is 165 Å². The maximum atomic E-state index is 12.4. The number of ether oxygens (including phenoxy) is 3. The van der Waals surface area contributed by atoms with Gasteiger partial charge in [0.1, 0.15) is 0 Å². The molecule has 0 radical (unpaired) electrons. The number of rotatable bonds is 13. The van der Waals surface area contributed by atoms with Crippen molar-refractivity contribution in [2.45, 2.75) is 46.1 Å². The first kappa shape index (κ1) is 23.2. The van der Waals surface area contributed by atoms with Crippen LogP contribution in [0, 0.1) is 0 Å². The Morgan fingerprint density at radius 1 is 1.00 bits per heavy atom. The van der Waals surface area contributed by atoms with Crippen LogP contribution in [-0.2, 0) is 25.6 Å². The average molecular weight is 391 g/mol. The van der Waals surface area contributed by atoms with E-state index in [1.807, 2.05) is 0 Å². The molecule has 0 unspecified atom stereocenters. The minimum absolute atomic E-state index is 0.182. The predicted octanol–water partition coefficient (Wildman–Crippen LogP) is 3.03. The number of allylic oxidation sites excluding steroid dienone is 2. The number of nitrogens with zero attached hydrogens (tertiary/aromatic N) is 1. The van der Waals surface area contributed by atoms with Crippen molar-refractivity contribution in [2.75, 3.05) is 19.8 Å². The van der Waals surface area contributed by atoms with E-state index in [-0.39, 0.29) is 17.5 Å². The minimum atomic E-state index is -0.355. The van der Waals surface area contributed by atoms with Gasteiger partial charge in [-0.3, -0.25) is 4.79 Å². The van der Waals surface area contributed by atoms with Crippen molar-refractivity contribution in [1.29, 1.82) is 0 Å². The van der Waals surface area contributed by atoms with Crippen LogP contribution in [0.15, 0.2) is 47.4 Å². The molecule has 154 valence electrons. The summed E-state index contributed by atoms with van der Waals surface area (Å²) in [7, 11) is 0. The van der Waals surface area contributed by atoms with Gasteiger partial charge in [-0.25, -0.2) is 9.59 Å². The number of carbonyl (C=O) groups excluding carboxylic acids is 2. The molecule has 1 heterocycles. The number of carbonyl (C=O) groups is 2. The molecule has 0 N–H and O–H groups in total. The summed E-state index contributed by atoms with van der Waals surface area (Å²) in [6, 6.07) is 3.42. The van der Waals surface area contributed by atoms with Crippen LogP contribution < -0.4 is 10.3 Å². The molecule has 7 heteroatoms. The van der Waals surface area contributed by atoms with Gasteiger partial charge in [0.25, 0.3) is 5.56 Å². The molecule has 0 aliphatic rings. The lowest BCUT2D eigenvalue weighted by Gasteiger charge is -2.08. The summed E-state index contributed by atoms with van der Waals surface area (Å²) < 4.78 is 16.7. The molecule has 28 heavy (non-hydrogen) atoms. The number of pyridine rings is 1. The summed E-state index contributed by atoms with van der Waals surface area (Å²) >= 11 is 0. The molecule has 0 saturated carbocycles. The van der Waals surface area contributed by atoms with E-state index in [1.165, 1.54) is 12.2 Å².